The third kappa shape index (κ3) is 3.99. The lowest BCUT2D eigenvalue weighted by molar-refractivity contribution is -0.116. The second-order valence-corrected chi connectivity index (χ2v) is 7.76. The van der Waals surface area contributed by atoms with Crippen LogP contribution in [0.1, 0.15) is 26.5 Å². The molecule has 2 heterocycles. The lowest BCUT2D eigenvalue weighted by Crippen LogP contribution is -2.34. The van der Waals surface area contributed by atoms with Gasteiger partial charge in [0.2, 0.25) is 5.91 Å². The maximum atomic E-state index is 12.9. The van der Waals surface area contributed by atoms with Crippen molar-refractivity contribution >= 4 is 39.1 Å². The molecule has 0 aliphatic heterocycles. The molecule has 7 heteroatoms. The van der Waals surface area contributed by atoms with E-state index in [1.807, 2.05) is 26.8 Å². The van der Waals surface area contributed by atoms with Crippen molar-refractivity contribution in [3.63, 3.8) is 0 Å². The van der Waals surface area contributed by atoms with Crippen LogP contribution in [0.4, 0.5) is 5.69 Å². The number of carbonyl (C=O) groups is 2. The van der Waals surface area contributed by atoms with E-state index in [9.17, 15) is 9.59 Å². The van der Waals surface area contributed by atoms with Gasteiger partial charge in [0.15, 0.2) is 0 Å². The molecule has 0 atom stereocenters. The highest BCUT2D eigenvalue weighted by Crippen LogP contribution is 2.32. The minimum Gasteiger partial charge on any atom is -0.497 e. The van der Waals surface area contributed by atoms with E-state index >= 15 is 0 Å². The Balaban J connectivity index is 1.75. The number of pyridine rings is 1. The van der Waals surface area contributed by atoms with Gasteiger partial charge in [-0.25, -0.2) is 4.98 Å². The van der Waals surface area contributed by atoms with Crippen molar-refractivity contribution in [1.29, 1.82) is 0 Å². The van der Waals surface area contributed by atoms with Crippen molar-refractivity contribution in [3.05, 3.63) is 52.0 Å². The number of anilines is 1. The van der Waals surface area contributed by atoms with Gasteiger partial charge >= 0.3 is 0 Å². The topological polar surface area (TPSA) is 71.5 Å². The lowest BCUT2D eigenvalue weighted by Gasteiger charge is -2.16. The zero-order valence-electron chi connectivity index (χ0n) is 16.6. The van der Waals surface area contributed by atoms with E-state index in [0.717, 1.165) is 27.0 Å². The van der Waals surface area contributed by atoms with E-state index in [0.29, 0.717) is 16.3 Å². The number of rotatable bonds is 5. The second kappa shape index (κ2) is 7.98. The SMILES string of the molecule is COc1cccc(NC(=O)CN(C)C(=O)c2sc3nc(C)cc(C)c3c2C)c1. The average molecular weight is 398 g/mol. The standard InChI is InChI=1S/C21H23N3O3S/c1-12-9-13(2)22-20-18(12)14(3)19(28-20)21(26)24(4)11-17(25)23-15-7-6-8-16(10-15)27-5/h6-10H,11H2,1-5H3,(H,23,25). The number of hydrogen-bond donors (Lipinski definition) is 1. The van der Waals surface area contributed by atoms with E-state index in [1.54, 1.807) is 38.4 Å². The molecule has 0 spiro atoms. The number of aromatic nitrogens is 1. The van der Waals surface area contributed by atoms with Gasteiger partial charge in [0, 0.05) is 29.9 Å². The van der Waals surface area contributed by atoms with Gasteiger partial charge in [-0.05, 0) is 50.1 Å². The molecule has 3 aromatic rings. The van der Waals surface area contributed by atoms with Crippen molar-refractivity contribution in [3.8, 4) is 5.75 Å². The fourth-order valence-electron chi connectivity index (χ4n) is 3.19. The highest BCUT2D eigenvalue weighted by molar-refractivity contribution is 7.20. The van der Waals surface area contributed by atoms with Crippen LogP contribution in [0.5, 0.6) is 5.75 Å². The van der Waals surface area contributed by atoms with Gasteiger partial charge in [0.25, 0.3) is 5.91 Å². The quantitative estimate of drug-likeness (QED) is 0.708. The second-order valence-electron chi connectivity index (χ2n) is 6.76. The zero-order chi connectivity index (χ0) is 20.4. The molecule has 0 aliphatic rings. The number of ether oxygens (including phenoxy) is 1. The number of fused-ring (bicyclic) bond motifs is 1. The van der Waals surface area contributed by atoms with Crippen LogP contribution in [0.15, 0.2) is 30.3 Å². The summed E-state index contributed by atoms with van der Waals surface area (Å²) < 4.78 is 5.15. The monoisotopic (exact) mass is 397 g/mol. The van der Waals surface area contributed by atoms with Crippen molar-refractivity contribution in [2.24, 2.45) is 0 Å². The molecule has 0 saturated carbocycles. The molecule has 28 heavy (non-hydrogen) atoms. The Morgan fingerprint density at radius 2 is 1.96 bits per heavy atom. The number of nitrogens with zero attached hydrogens (tertiary/aromatic N) is 2. The third-order valence-electron chi connectivity index (χ3n) is 4.50. The van der Waals surface area contributed by atoms with Crippen molar-refractivity contribution in [2.45, 2.75) is 20.8 Å². The molecule has 0 saturated heterocycles. The van der Waals surface area contributed by atoms with Crippen LogP contribution in [0.3, 0.4) is 0 Å². The average Bonchev–Trinajstić information content (AvgIpc) is 2.97. The number of nitrogens with one attached hydrogen (secondary N) is 1. The van der Waals surface area contributed by atoms with Gasteiger partial charge < -0.3 is 15.0 Å². The first-order chi connectivity index (χ1) is 13.3. The molecular weight excluding hydrogens is 374 g/mol. The predicted octanol–water partition coefficient (Wildman–Crippen LogP) is 3.94. The molecule has 3 rings (SSSR count). The molecule has 1 N–H and O–H groups in total. The first kappa shape index (κ1) is 19.8. The van der Waals surface area contributed by atoms with E-state index in [1.165, 1.54) is 16.2 Å². The molecule has 0 aliphatic carbocycles. The highest BCUT2D eigenvalue weighted by atomic mass is 32.1. The van der Waals surface area contributed by atoms with Crippen molar-refractivity contribution in [1.82, 2.24) is 9.88 Å². The van der Waals surface area contributed by atoms with Crippen molar-refractivity contribution < 1.29 is 14.3 Å². The van der Waals surface area contributed by atoms with Crippen LogP contribution in [0, 0.1) is 20.8 Å². The van der Waals surface area contributed by atoms with Gasteiger partial charge in [0.05, 0.1) is 18.5 Å². The molecule has 0 bridgehead atoms. The molecule has 0 radical (unpaired) electrons. The zero-order valence-corrected chi connectivity index (χ0v) is 17.4. The van der Waals surface area contributed by atoms with Gasteiger partial charge in [-0.3, -0.25) is 9.59 Å². The number of amides is 2. The summed E-state index contributed by atoms with van der Waals surface area (Å²) in [4.78, 5) is 32.7. The Bertz CT molecular complexity index is 1060. The minimum absolute atomic E-state index is 0.0465. The molecule has 2 amide bonds. The molecule has 146 valence electrons. The van der Waals surface area contributed by atoms with Crippen molar-refractivity contribution in [2.75, 3.05) is 26.0 Å². The van der Waals surface area contributed by atoms with E-state index in [-0.39, 0.29) is 18.4 Å². The number of carbonyl (C=O) groups excluding carboxylic acids is 2. The Kier molecular flexibility index (Phi) is 5.65. The maximum absolute atomic E-state index is 12.9. The van der Waals surface area contributed by atoms with Gasteiger partial charge in [-0.1, -0.05) is 6.07 Å². The molecule has 0 unspecified atom stereocenters. The van der Waals surface area contributed by atoms with E-state index < -0.39 is 0 Å². The summed E-state index contributed by atoms with van der Waals surface area (Å²) in [5.41, 5.74) is 3.57. The summed E-state index contributed by atoms with van der Waals surface area (Å²) in [6.45, 7) is 5.85. The van der Waals surface area contributed by atoms with Crippen LogP contribution >= 0.6 is 11.3 Å². The predicted molar refractivity (Wildman–Crippen MR) is 112 cm³/mol. The van der Waals surface area contributed by atoms with Crippen LogP contribution < -0.4 is 10.1 Å². The smallest absolute Gasteiger partial charge is 0.264 e. The number of aryl methyl sites for hydroxylation is 3. The Morgan fingerprint density at radius 3 is 2.68 bits per heavy atom. The fourth-order valence-corrected chi connectivity index (χ4v) is 4.48. The fraction of sp³-hybridized carbons (Fsp3) is 0.286. The maximum Gasteiger partial charge on any atom is 0.264 e. The molecular formula is C21H23N3O3S. The normalized spacial score (nSPS) is 10.8. The highest BCUT2D eigenvalue weighted by Gasteiger charge is 2.22. The number of likely N-dealkylation sites (N-methyl/N-ethyl adjacent to an activating group) is 1. The number of methoxy groups -OCH3 is 1. The molecule has 2 aromatic heterocycles. The Labute approximate surface area is 168 Å². The van der Waals surface area contributed by atoms with Crippen LogP contribution in [0.25, 0.3) is 10.2 Å². The lowest BCUT2D eigenvalue weighted by atomic mass is 10.1. The van der Waals surface area contributed by atoms with E-state index in [2.05, 4.69) is 10.3 Å². The summed E-state index contributed by atoms with van der Waals surface area (Å²) in [6, 6.07) is 9.11. The molecule has 1 aromatic carbocycles. The number of hydrogen-bond acceptors (Lipinski definition) is 5. The van der Waals surface area contributed by atoms with Gasteiger partial charge in [-0.15, -0.1) is 11.3 Å². The summed E-state index contributed by atoms with van der Waals surface area (Å²) in [7, 11) is 3.20. The summed E-state index contributed by atoms with van der Waals surface area (Å²) in [6.07, 6.45) is 0. The summed E-state index contributed by atoms with van der Waals surface area (Å²) in [5.74, 6) is 0.202. The van der Waals surface area contributed by atoms with Crippen LogP contribution in [-0.2, 0) is 4.79 Å². The first-order valence-corrected chi connectivity index (χ1v) is 9.68. The van der Waals surface area contributed by atoms with Crippen LogP contribution in [-0.4, -0.2) is 42.4 Å². The number of benzene rings is 1. The minimum atomic E-state index is -0.270. The van der Waals surface area contributed by atoms with E-state index in [4.69, 9.17) is 4.74 Å². The Morgan fingerprint density at radius 1 is 1.21 bits per heavy atom. The van der Waals surface area contributed by atoms with Gasteiger partial charge in [-0.2, -0.15) is 0 Å². The molecule has 0 fully saturated rings. The first-order valence-electron chi connectivity index (χ1n) is 8.87. The largest absolute Gasteiger partial charge is 0.497 e. The van der Waals surface area contributed by atoms with Crippen LogP contribution in [0.2, 0.25) is 0 Å². The third-order valence-corrected chi connectivity index (χ3v) is 5.67. The van der Waals surface area contributed by atoms with Gasteiger partial charge in [0.1, 0.15) is 10.6 Å². The number of thiophene rings is 1. The molecule has 6 nitrogen and oxygen atoms in total. The summed E-state index contributed by atoms with van der Waals surface area (Å²) in [5, 5.41) is 3.81. The Hall–Kier alpha value is -2.93. The summed E-state index contributed by atoms with van der Waals surface area (Å²) >= 11 is 1.37.